The number of hydrogen-bond acceptors (Lipinski definition) is 6. The Bertz CT molecular complexity index is 860. The van der Waals surface area contributed by atoms with E-state index < -0.39 is 0 Å². The van der Waals surface area contributed by atoms with Gasteiger partial charge in [-0.2, -0.15) is 4.98 Å². The van der Waals surface area contributed by atoms with E-state index in [2.05, 4.69) is 20.4 Å². The van der Waals surface area contributed by atoms with Gasteiger partial charge in [0.15, 0.2) is 0 Å². The highest BCUT2D eigenvalue weighted by Crippen LogP contribution is 2.15. The Balaban J connectivity index is 1.44. The zero-order valence-corrected chi connectivity index (χ0v) is 15.4. The first-order valence-corrected chi connectivity index (χ1v) is 8.85. The summed E-state index contributed by atoms with van der Waals surface area (Å²) in [5.41, 5.74) is 1.79. The van der Waals surface area contributed by atoms with Crippen LogP contribution in [0.15, 0.2) is 53.3 Å². The molecule has 0 saturated carbocycles. The molecule has 0 aliphatic heterocycles. The summed E-state index contributed by atoms with van der Waals surface area (Å²) in [6.07, 6.45) is 4.15. The summed E-state index contributed by atoms with van der Waals surface area (Å²) in [6.45, 7) is 4.43. The highest BCUT2D eigenvalue weighted by atomic mass is 16.5. The van der Waals surface area contributed by atoms with Gasteiger partial charge in [-0.15, -0.1) is 0 Å². The van der Waals surface area contributed by atoms with Crippen LogP contribution in [0.5, 0.6) is 5.75 Å². The molecule has 0 aliphatic rings. The minimum absolute atomic E-state index is 0.0707. The number of benzene rings is 1. The van der Waals surface area contributed by atoms with Crippen LogP contribution in [-0.4, -0.2) is 27.1 Å². The minimum Gasteiger partial charge on any atom is -0.491 e. The van der Waals surface area contributed by atoms with Crippen LogP contribution in [0.4, 0.5) is 0 Å². The van der Waals surface area contributed by atoms with Crippen molar-refractivity contribution >= 4 is 5.91 Å². The molecule has 0 aliphatic carbocycles. The molecule has 0 saturated heterocycles. The fourth-order valence-corrected chi connectivity index (χ4v) is 2.44. The lowest BCUT2D eigenvalue weighted by atomic mass is 10.2. The summed E-state index contributed by atoms with van der Waals surface area (Å²) in [6, 6.07) is 11.3. The molecule has 0 unspecified atom stereocenters. The van der Waals surface area contributed by atoms with Crippen molar-refractivity contribution in [1.82, 2.24) is 20.4 Å². The summed E-state index contributed by atoms with van der Waals surface area (Å²) >= 11 is 0. The van der Waals surface area contributed by atoms with Gasteiger partial charge in [0.05, 0.1) is 6.10 Å². The van der Waals surface area contributed by atoms with E-state index in [1.165, 1.54) is 0 Å². The lowest BCUT2D eigenvalue weighted by Crippen LogP contribution is -2.23. The molecule has 1 amide bonds. The summed E-state index contributed by atoms with van der Waals surface area (Å²) < 4.78 is 10.8. The molecule has 0 radical (unpaired) electrons. The Kier molecular flexibility index (Phi) is 6.14. The van der Waals surface area contributed by atoms with E-state index in [1.54, 1.807) is 18.5 Å². The fraction of sp³-hybridized carbons (Fsp3) is 0.300. The molecular formula is C20H22N4O3. The van der Waals surface area contributed by atoms with Crippen LogP contribution < -0.4 is 10.1 Å². The summed E-state index contributed by atoms with van der Waals surface area (Å²) in [5, 5.41) is 6.81. The van der Waals surface area contributed by atoms with Crippen LogP contribution in [0.3, 0.4) is 0 Å². The molecule has 7 heteroatoms. The first-order valence-electron chi connectivity index (χ1n) is 8.85. The number of ether oxygens (including phenoxy) is 1. The van der Waals surface area contributed by atoms with Gasteiger partial charge in [-0.1, -0.05) is 17.3 Å². The predicted molar refractivity (Wildman–Crippen MR) is 99.9 cm³/mol. The van der Waals surface area contributed by atoms with E-state index in [9.17, 15) is 4.79 Å². The van der Waals surface area contributed by atoms with E-state index in [1.807, 2.05) is 44.2 Å². The first-order chi connectivity index (χ1) is 13.1. The standard InChI is InChI=1S/C20H22N4O3/c1-14(2)26-17-7-5-15(6-8-17)12-22-18(25)9-10-19-23-20(24-27-19)16-4-3-11-21-13-16/h3-8,11,13-14H,9-10,12H2,1-2H3,(H,22,25). The average Bonchev–Trinajstić information content (AvgIpc) is 3.15. The topological polar surface area (TPSA) is 90.1 Å². The normalized spacial score (nSPS) is 10.8. The minimum atomic E-state index is -0.0707. The Hall–Kier alpha value is -3.22. The van der Waals surface area contributed by atoms with Gasteiger partial charge >= 0.3 is 0 Å². The molecule has 3 aromatic rings. The number of nitrogens with zero attached hydrogens (tertiary/aromatic N) is 3. The second-order valence-electron chi connectivity index (χ2n) is 6.34. The second-order valence-corrected chi connectivity index (χ2v) is 6.34. The van der Waals surface area contributed by atoms with Crippen LogP contribution >= 0.6 is 0 Å². The van der Waals surface area contributed by atoms with Crippen LogP contribution in [-0.2, 0) is 17.8 Å². The lowest BCUT2D eigenvalue weighted by Gasteiger charge is -2.10. The quantitative estimate of drug-likeness (QED) is 0.658. The summed E-state index contributed by atoms with van der Waals surface area (Å²) in [7, 11) is 0. The van der Waals surface area contributed by atoms with Gasteiger partial charge in [0.1, 0.15) is 5.75 Å². The number of amides is 1. The highest BCUT2D eigenvalue weighted by Gasteiger charge is 2.10. The fourth-order valence-electron chi connectivity index (χ4n) is 2.44. The van der Waals surface area contributed by atoms with Crippen LogP contribution in [0.2, 0.25) is 0 Å². The van der Waals surface area contributed by atoms with E-state index in [4.69, 9.17) is 9.26 Å². The number of carbonyl (C=O) groups excluding carboxylic acids is 1. The number of nitrogens with one attached hydrogen (secondary N) is 1. The van der Waals surface area contributed by atoms with Gasteiger partial charge in [-0.05, 0) is 43.7 Å². The number of aryl methyl sites for hydroxylation is 1. The largest absolute Gasteiger partial charge is 0.491 e. The third-order valence-electron chi connectivity index (χ3n) is 3.74. The monoisotopic (exact) mass is 366 g/mol. The molecule has 7 nitrogen and oxygen atoms in total. The van der Waals surface area contributed by atoms with E-state index in [0.717, 1.165) is 16.9 Å². The van der Waals surface area contributed by atoms with Crippen molar-refractivity contribution in [2.24, 2.45) is 0 Å². The average molecular weight is 366 g/mol. The van der Waals surface area contributed by atoms with Gasteiger partial charge in [0.2, 0.25) is 17.6 Å². The van der Waals surface area contributed by atoms with Crippen molar-refractivity contribution in [3.63, 3.8) is 0 Å². The molecule has 1 N–H and O–H groups in total. The van der Waals surface area contributed by atoms with Crippen molar-refractivity contribution < 1.29 is 14.1 Å². The van der Waals surface area contributed by atoms with Crippen LogP contribution in [0, 0.1) is 0 Å². The van der Waals surface area contributed by atoms with Crippen molar-refractivity contribution in [1.29, 1.82) is 0 Å². The molecule has 2 aromatic heterocycles. The first kappa shape index (κ1) is 18.6. The van der Waals surface area contributed by atoms with Crippen molar-refractivity contribution in [2.75, 3.05) is 0 Å². The smallest absolute Gasteiger partial charge is 0.227 e. The van der Waals surface area contributed by atoms with Crippen LogP contribution in [0.25, 0.3) is 11.4 Å². The van der Waals surface area contributed by atoms with E-state index in [0.29, 0.717) is 24.7 Å². The number of carbonyl (C=O) groups is 1. The molecule has 0 atom stereocenters. The molecular weight excluding hydrogens is 344 g/mol. The van der Waals surface area contributed by atoms with Crippen molar-refractivity contribution in [3.8, 4) is 17.1 Å². The second kappa shape index (κ2) is 8.93. The van der Waals surface area contributed by atoms with Gasteiger partial charge in [0.25, 0.3) is 0 Å². The van der Waals surface area contributed by atoms with E-state index in [-0.39, 0.29) is 18.4 Å². The molecule has 0 bridgehead atoms. The third kappa shape index (κ3) is 5.64. The maximum atomic E-state index is 12.0. The van der Waals surface area contributed by atoms with Gasteiger partial charge in [-0.25, -0.2) is 0 Å². The number of pyridine rings is 1. The molecule has 0 fully saturated rings. The number of hydrogen-bond donors (Lipinski definition) is 1. The Morgan fingerprint density at radius 2 is 2.04 bits per heavy atom. The Morgan fingerprint density at radius 1 is 1.22 bits per heavy atom. The molecule has 2 heterocycles. The Labute approximate surface area is 157 Å². The van der Waals surface area contributed by atoms with E-state index >= 15 is 0 Å². The molecule has 3 rings (SSSR count). The SMILES string of the molecule is CC(C)Oc1ccc(CNC(=O)CCc2nc(-c3cccnc3)no2)cc1. The molecule has 140 valence electrons. The van der Waals surface area contributed by atoms with Crippen LogP contribution in [0.1, 0.15) is 31.7 Å². The highest BCUT2D eigenvalue weighted by molar-refractivity contribution is 5.76. The zero-order chi connectivity index (χ0) is 19.1. The molecule has 27 heavy (non-hydrogen) atoms. The summed E-state index contributed by atoms with van der Waals surface area (Å²) in [5.74, 6) is 1.65. The molecule has 1 aromatic carbocycles. The number of rotatable bonds is 8. The van der Waals surface area contributed by atoms with Gasteiger partial charge in [0, 0.05) is 37.3 Å². The third-order valence-corrected chi connectivity index (χ3v) is 3.74. The predicted octanol–water partition coefficient (Wildman–Crippen LogP) is 3.17. The number of aromatic nitrogens is 3. The zero-order valence-electron chi connectivity index (χ0n) is 15.4. The van der Waals surface area contributed by atoms with Crippen molar-refractivity contribution in [3.05, 3.63) is 60.2 Å². The maximum Gasteiger partial charge on any atom is 0.227 e. The summed E-state index contributed by atoms with van der Waals surface area (Å²) in [4.78, 5) is 20.4. The molecule has 0 spiro atoms. The lowest BCUT2D eigenvalue weighted by molar-refractivity contribution is -0.121. The van der Waals surface area contributed by atoms with Gasteiger partial charge < -0.3 is 14.6 Å². The maximum absolute atomic E-state index is 12.0. The van der Waals surface area contributed by atoms with Gasteiger partial charge in [-0.3, -0.25) is 9.78 Å². The van der Waals surface area contributed by atoms with Crippen molar-refractivity contribution in [2.45, 2.75) is 39.3 Å². The Morgan fingerprint density at radius 3 is 2.74 bits per heavy atom.